The van der Waals surface area contributed by atoms with Crippen LogP contribution in [0.15, 0.2) is 29.3 Å². The summed E-state index contributed by atoms with van der Waals surface area (Å²) in [6.07, 6.45) is 2.24. The van der Waals surface area contributed by atoms with Crippen LogP contribution in [0.25, 0.3) is 0 Å². The fourth-order valence-corrected chi connectivity index (χ4v) is 6.31. The van der Waals surface area contributed by atoms with E-state index in [4.69, 9.17) is 11.8 Å². The molecular weight excluding hydrogens is 449 g/mol. The van der Waals surface area contributed by atoms with Crippen LogP contribution in [0.4, 0.5) is 24.0 Å². The molecule has 0 aliphatic carbocycles. The zero-order valence-electron chi connectivity index (χ0n) is 15.1. The van der Waals surface area contributed by atoms with E-state index < -0.39 is 32.0 Å². The number of hydrogen-bond acceptors (Lipinski definition) is 6. The summed E-state index contributed by atoms with van der Waals surface area (Å²) in [5.41, 5.74) is 0.0917. The molecule has 2 aromatic rings. The van der Waals surface area contributed by atoms with Crippen molar-refractivity contribution in [1.82, 2.24) is 9.88 Å². The maximum Gasteiger partial charge on any atom is 0.283 e. The Morgan fingerprint density at radius 1 is 1.41 bits per heavy atom. The normalized spacial score (nSPS) is 24.6. The molecule has 0 unspecified atom stereocenters. The molecule has 0 spiro atoms. The van der Waals surface area contributed by atoms with Crippen LogP contribution < -0.4 is 9.14 Å². The van der Waals surface area contributed by atoms with E-state index in [1.807, 2.05) is 0 Å². The molecule has 0 bridgehead atoms. The first-order chi connectivity index (χ1) is 13.7. The molecule has 12 heteroatoms. The largest absolute Gasteiger partial charge is 0.383 e. The van der Waals surface area contributed by atoms with E-state index in [-0.39, 0.29) is 14.5 Å². The fourth-order valence-electron chi connectivity index (χ4n) is 4.10. The van der Waals surface area contributed by atoms with Gasteiger partial charge < -0.3 is 5.32 Å². The zero-order valence-corrected chi connectivity index (χ0v) is 17.5. The molecule has 2 fully saturated rings. The number of fused-ring (bicyclic) bond motifs is 1. The van der Waals surface area contributed by atoms with Crippen molar-refractivity contribution in [1.29, 1.82) is 0 Å². The number of nitrogens with zero attached hydrogens (tertiary/aromatic N) is 3. The molecule has 2 aliphatic heterocycles. The lowest BCUT2D eigenvalue weighted by Gasteiger charge is -2.32. The fraction of sp³-hybridized carbons (Fsp3) is 0.471. The second kappa shape index (κ2) is 7.60. The van der Waals surface area contributed by atoms with Crippen molar-refractivity contribution in [3.05, 3.63) is 35.3 Å². The molecule has 158 valence electrons. The highest BCUT2D eigenvalue weighted by atomic mass is 35.5. The molecule has 0 amide bonds. The molecule has 2 saturated heterocycles. The van der Waals surface area contributed by atoms with Gasteiger partial charge in [-0.2, -0.15) is 12.8 Å². The summed E-state index contributed by atoms with van der Waals surface area (Å²) >= 11 is 6.21. The number of benzene rings is 1. The molecule has 1 N–H and O–H groups in total. The highest BCUT2D eigenvalue weighted by molar-refractivity contribution is 7.94. The van der Waals surface area contributed by atoms with Crippen molar-refractivity contribution < 1.29 is 21.6 Å². The van der Waals surface area contributed by atoms with Crippen LogP contribution in [0.1, 0.15) is 19.3 Å². The Kier molecular flexibility index (Phi) is 5.43. The van der Waals surface area contributed by atoms with E-state index >= 15 is 0 Å². The van der Waals surface area contributed by atoms with Crippen molar-refractivity contribution in [3.63, 3.8) is 0 Å². The average Bonchev–Trinajstić information content (AvgIpc) is 3.33. The summed E-state index contributed by atoms with van der Waals surface area (Å²) in [4.78, 5) is 5.02. The number of hydrogen-bond donors (Lipinski definition) is 1. The molecule has 0 radical (unpaired) electrons. The molecule has 3 heterocycles. The smallest absolute Gasteiger partial charge is 0.283 e. The predicted octanol–water partition coefficient (Wildman–Crippen LogP) is 3.76. The van der Waals surface area contributed by atoms with Crippen LogP contribution in [0.5, 0.6) is 0 Å². The van der Waals surface area contributed by atoms with Crippen LogP contribution in [0.3, 0.4) is 0 Å². The number of thiazole rings is 1. The number of anilines is 2. The highest BCUT2D eigenvalue weighted by Gasteiger charge is 2.48. The number of sulfonamides is 1. The van der Waals surface area contributed by atoms with E-state index in [1.54, 1.807) is 0 Å². The number of nitrogens with one attached hydrogen (secondary N) is 1. The SMILES string of the molecule is O=S(=O)(c1ccc(NC[C@]23CCCN2C[C@@H](F)C3)cc1F)N(Cl)c1ncc(F)s1. The number of halogens is 4. The summed E-state index contributed by atoms with van der Waals surface area (Å²) in [5, 5.41) is 2.06. The zero-order chi connectivity index (χ0) is 20.8. The van der Waals surface area contributed by atoms with Gasteiger partial charge in [-0.25, -0.2) is 13.8 Å². The van der Waals surface area contributed by atoms with Gasteiger partial charge in [0.15, 0.2) is 5.13 Å². The molecule has 4 rings (SSSR count). The molecule has 2 atom stereocenters. The predicted molar refractivity (Wildman–Crippen MR) is 106 cm³/mol. The van der Waals surface area contributed by atoms with Crippen molar-refractivity contribution >= 4 is 44.0 Å². The lowest BCUT2D eigenvalue weighted by Crippen LogP contribution is -2.44. The summed E-state index contributed by atoms with van der Waals surface area (Å²) in [7, 11) is -4.46. The van der Waals surface area contributed by atoms with Gasteiger partial charge in [-0.1, -0.05) is 11.3 Å². The van der Waals surface area contributed by atoms with Gasteiger partial charge in [-0.05, 0) is 44.0 Å². The van der Waals surface area contributed by atoms with Crippen molar-refractivity contribution in [2.24, 2.45) is 0 Å². The van der Waals surface area contributed by atoms with Crippen LogP contribution in [-0.2, 0) is 10.0 Å². The van der Waals surface area contributed by atoms with Gasteiger partial charge >= 0.3 is 0 Å². The third kappa shape index (κ3) is 3.80. The van der Waals surface area contributed by atoms with Crippen molar-refractivity contribution in [2.75, 3.05) is 28.8 Å². The monoisotopic (exact) mass is 466 g/mol. The quantitative estimate of drug-likeness (QED) is 0.657. The van der Waals surface area contributed by atoms with E-state index in [0.717, 1.165) is 37.7 Å². The maximum atomic E-state index is 14.6. The summed E-state index contributed by atoms with van der Waals surface area (Å²) in [6.45, 7) is 1.70. The average molecular weight is 467 g/mol. The molecule has 6 nitrogen and oxygen atoms in total. The van der Waals surface area contributed by atoms with Gasteiger partial charge in [-0.3, -0.25) is 4.90 Å². The standard InChI is InChI=1S/C17H18ClF3N4O2S2/c18-25(16-22-8-15(21)28-16)29(26,27)14-3-2-12(6-13(14)20)23-10-17-4-1-5-24(17)9-11(19)7-17/h2-3,6,8,11,23H,1,4-5,7,9-10H2/t11-,17+/m0/s1. The maximum absolute atomic E-state index is 14.6. The minimum atomic E-state index is -4.46. The topological polar surface area (TPSA) is 65.5 Å². The third-order valence-electron chi connectivity index (χ3n) is 5.42. The Hall–Kier alpha value is -1.56. The van der Waals surface area contributed by atoms with Crippen LogP contribution >= 0.6 is 23.1 Å². The number of rotatable bonds is 6. The van der Waals surface area contributed by atoms with E-state index in [1.165, 1.54) is 6.07 Å². The summed E-state index contributed by atoms with van der Waals surface area (Å²) in [5.74, 6) is -1.01. The van der Waals surface area contributed by atoms with Crippen LogP contribution in [-0.4, -0.2) is 49.6 Å². The molecule has 1 aromatic carbocycles. The van der Waals surface area contributed by atoms with Crippen molar-refractivity contribution in [2.45, 2.75) is 35.9 Å². The minimum absolute atomic E-state index is 0.224. The van der Waals surface area contributed by atoms with E-state index in [9.17, 15) is 21.6 Å². The van der Waals surface area contributed by atoms with Crippen LogP contribution in [0.2, 0.25) is 0 Å². The Morgan fingerprint density at radius 3 is 2.90 bits per heavy atom. The molecule has 0 saturated carbocycles. The molecule has 29 heavy (non-hydrogen) atoms. The molecule has 1 aromatic heterocycles. The Balaban J connectivity index is 1.51. The number of alkyl halides is 1. The highest BCUT2D eigenvalue weighted by Crippen LogP contribution is 2.40. The lowest BCUT2D eigenvalue weighted by molar-refractivity contribution is 0.209. The van der Waals surface area contributed by atoms with Gasteiger partial charge in [0.1, 0.15) is 16.9 Å². The third-order valence-corrected chi connectivity index (χ3v) is 8.59. The first kappa shape index (κ1) is 20.7. The first-order valence-electron chi connectivity index (χ1n) is 8.96. The lowest BCUT2D eigenvalue weighted by atomic mass is 9.93. The molecular formula is C17H18ClF3N4O2S2. The second-order valence-electron chi connectivity index (χ2n) is 7.24. The van der Waals surface area contributed by atoms with E-state index in [0.29, 0.717) is 36.5 Å². The first-order valence-corrected chi connectivity index (χ1v) is 11.6. The van der Waals surface area contributed by atoms with Gasteiger partial charge in [0.25, 0.3) is 10.0 Å². The summed E-state index contributed by atoms with van der Waals surface area (Å²) < 4.78 is 66.9. The Labute approximate surface area is 175 Å². The molecule has 2 aliphatic rings. The number of aromatic nitrogens is 1. The van der Waals surface area contributed by atoms with Crippen molar-refractivity contribution in [3.8, 4) is 0 Å². The minimum Gasteiger partial charge on any atom is -0.383 e. The Morgan fingerprint density at radius 2 is 2.21 bits per heavy atom. The van der Waals surface area contributed by atoms with Crippen LogP contribution in [0, 0.1) is 10.9 Å². The van der Waals surface area contributed by atoms with Gasteiger partial charge in [0.05, 0.1) is 6.20 Å². The van der Waals surface area contributed by atoms with Gasteiger partial charge in [0, 0.05) is 36.1 Å². The second-order valence-corrected chi connectivity index (χ2v) is 10.5. The summed E-state index contributed by atoms with van der Waals surface area (Å²) in [6, 6.07) is 3.56. The van der Waals surface area contributed by atoms with E-state index in [2.05, 4.69) is 15.2 Å². The van der Waals surface area contributed by atoms with Gasteiger partial charge in [-0.15, -0.1) is 3.82 Å². The Bertz CT molecular complexity index is 1020. The van der Waals surface area contributed by atoms with Gasteiger partial charge in [0.2, 0.25) is 5.13 Å².